The number of nitrogens with one attached hydrogen (secondary N) is 1. The number of esters is 1. The van der Waals surface area contributed by atoms with Crippen molar-refractivity contribution in [3.8, 4) is 0 Å². The van der Waals surface area contributed by atoms with E-state index < -0.39 is 20.0 Å². The Morgan fingerprint density at radius 3 is 1.40 bits per heavy atom. The van der Waals surface area contributed by atoms with Crippen LogP contribution in [-0.2, 0) is 27.9 Å². The standard InChI is InChI=1S/C60H107N2O7P/c1-7-10-13-16-19-22-25-27-29-31-33-35-38-41-44-47-50-53-60(64)69-58(51-48-45-42-39-36-24-21-18-15-12-9-3)57(56-68-70(65,66)67-55-54-62(4,5)6)61-59(63)52-49-46-43-40-37-34-32-30-28-26-23-20-17-14-11-8-2/h11,14,19-20,22-23,27-30,33,35,48,51,57-58H,7-10,12-13,15-18,21,24-26,31-32,34,36-47,49-50,52-56H2,1-6H3,(H-,61,63,65,66)/p+1/b14-11+,22-19-,23-20+,29-27-,30-28+,35-33-,51-48+. The van der Waals surface area contributed by atoms with Crippen molar-refractivity contribution in [1.82, 2.24) is 5.32 Å². The van der Waals surface area contributed by atoms with Crippen molar-refractivity contribution >= 4 is 19.7 Å². The molecular weight excluding hydrogens is 892 g/mol. The Balaban J connectivity index is 5.39. The van der Waals surface area contributed by atoms with Crippen molar-refractivity contribution in [2.75, 3.05) is 40.9 Å². The number of carbonyl (C=O) groups excluding carboxylic acids is 2. The van der Waals surface area contributed by atoms with Crippen LogP contribution in [0.2, 0.25) is 0 Å². The van der Waals surface area contributed by atoms with Crippen LogP contribution in [0.3, 0.4) is 0 Å². The molecule has 0 spiro atoms. The van der Waals surface area contributed by atoms with Crippen molar-refractivity contribution in [3.63, 3.8) is 0 Å². The minimum atomic E-state index is -4.46. The molecule has 0 radical (unpaired) electrons. The van der Waals surface area contributed by atoms with Crippen LogP contribution in [0.15, 0.2) is 85.1 Å². The summed E-state index contributed by atoms with van der Waals surface area (Å²) >= 11 is 0. The lowest BCUT2D eigenvalue weighted by molar-refractivity contribution is -0.870. The number of quaternary nitrogens is 1. The maximum Gasteiger partial charge on any atom is 0.472 e. The number of phosphoric ester groups is 1. The Morgan fingerprint density at radius 2 is 0.914 bits per heavy atom. The van der Waals surface area contributed by atoms with E-state index in [-0.39, 0.29) is 31.5 Å². The van der Waals surface area contributed by atoms with Crippen molar-refractivity contribution in [2.45, 2.75) is 245 Å². The van der Waals surface area contributed by atoms with Crippen molar-refractivity contribution in [2.24, 2.45) is 0 Å². The Bertz CT molecular complexity index is 1480. The number of hydrogen-bond acceptors (Lipinski definition) is 6. The van der Waals surface area contributed by atoms with Gasteiger partial charge in [0.15, 0.2) is 0 Å². The van der Waals surface area contributed by atoms with E-state index in [0.29, 0.717) is 23.9 Å². The molecule has 0 saturated heterocycles. The SMILES string of the molecule is CC/C=C/C/C=C/C/C=C/CCCCCCCCC(=O)NC(COP(=O)(O)OCC[N+](C)(C)C)C(/C=C/CCCCCCCCCCC)OC(=O)CCCCCC/C=C\C/C=C\C/C=C\CCCCC. The number of unbranched alkanes of at least 4 members (excludes halogenated alkanes) is 22. The molecule has 0 rings (SSSR count). The van der Waals surface area contributed by atoms with Gasteiger partial charge in [-0.05, 0) is 102 Å². The van der Waals surface area contributed by atoms with E-state index >= 15 is 0 Å². The van der Waals surface area contributed by atoms with E-state index in [2.05, 4.69) is 99.0 Å². The van der Waals surface area contributed by atoms with E-state index in [1.807, 2.05) is 33.3 Å². The molecule has 3 unspecified atom stereocenters. The Kier molecular flexibility index (Phi) is 47.8. The normalized spacial score (nSPS) is 14.4. The number of hydrogen-bond donors (Lipinski definition) is 2. The minimum absolute atomic E-state index is 0.0298. The van der Waals surface area contributed by atoms with Crippen LogP contribution < -0.4 is 5.32 Å². The van der Waals surface area contributed by atoms with Gasteiger partial charge in [0.25, 0.3) is 0 Å². The highest BCUT2D eigenvalue weighted by Crippen LogP contribution is 2.43. The first kappa shape index (κ1) is 67.2. The highest BCUT2D eigenvalue weighted by Gasteiger charge is 2.30. The lowest BCUT2D eigenvalue weighted by Gasteiger charge is -2.27. The quantitative estimate of drug-likeness (QED) is 0.0205. The van der Waals surface area contributed by atoms with Crippen LogP contribution in [0.1, 0.15) is 233 Å². The third kappa shape index (κ3) is 50.1. The maximum absolute atomic E-state index is 13.5. The van der Waals surface area contributed by atoms with E-state index in [9.17, 15) is 19.0 Å². The van der Waals surface area contributed by atoms with Gasteiger partial charge in [-0.25, -0.2) is 4.57 Å². The number of ether oxygens (including phenoxy) is 1. The predicted octanol–water partition coefficient (Wildman–Crippen LogP) is 17.0. The Labute approximate surface area is 431 Å². The third-order valence-electron chi connectivity index (χ3n) is 12.1. The molecule has 0 bridgehead atoms. The molecule has 0 aromatic carbocycles. The fourth-order valence-electron chi connectivity index (χ4n) is 7.67. The topological polar surface area (TPSA) is 111 Å². The summed E-state index contributed by atoms with van der Waals surface area (Å²) in [6, 6.07) is -0.867. The molecule has 2 N–H and O–H groups in total. The van der Waals surface area contributed by atoms with E-state index in [4.69, 9.17) is 13.8 Å². The van der Waals surface area contributed by atoms with E-state index in [1.165, 1.54) is 70.6 Å². The first-order valence-electron chi connectivity index (χ1n) is 28.4. The van der Waals surface area contributed by atoms with Crippen molar-refractivity contribution in [3.05, 3.63) is 85.1 Å². The van der Waals surface area contributed by atoms with Crippen molar-refractivity contribution in [1.29, 1.82) is 0 Å². The van der Waals surface area contributed by atoms with Gasteiger partial charge < -0.3 is 19.4 Å². The second kappa shape index (κ2) is 49.8. The van der Waals surface area contributed by atoms with Crippen LogP contribution in [0, 0.1) is 0 Å². The molecule has 0 aromatic rings. The van der Waals surface area contributed by atoms with Gasteiger partial charge in [0.05, 0.1) is 33.8 Å². The number of amides is 1. The average Bonchev–Trinajstić information content (AvgIpc) is 3.32. The van der Waals surface area contributed by atoms with Gasteiger partial charge in [-0.1, -0.05) is 202 Å². The lowest BCUT2D eigenvalue weighted by atomic mass is 10.1. The minimum Gasteiger partial charge on any atom is -0.456 e. The molecule has 0 aliphatic heterocycles. The zero-order valence-corrected chi connectivity index (χ0v) is 46.9. The predicted molar refractivity (Wildman–Crippen MR) is 300 cm³/mol. The molecular formula is C60H108N2O7P+. The second-order valence-electron chi connectivity index (χ2n) is 20.1. The summed E-state index contributed by atoms with van der Waals surface area (Å²) in [7, 11) is 1.46. The Hall–Kier alpha value is -2.81. The monoisotopic (exact) mass is 1000 g/mol. The molecule has 1 amide bonds. The van der Waals surface area contributed by atoms with Crippen LogP contribution in [0.5, 0.6) is 0 Å². The van der Waals surface area contributed by atoms with Crippen molar-refractivity contribution < 1.29 is 37.3 Å². The fourth-order valence-corrected chi connectivity index (χ4v) is 8.40. The van der Waals surface area contributed by atoms with Gasteiger partial charge in [0, 0.05) is 12.8 Å². The zero-order chi connectivity index (χ0) is 51.5. The number of phosphoric acid groups is 1. The van der Waals surface area contributed by atoms with Gasteiger partial charge in [-0.15, -0.1) is 0 Å². The molecule has 70 heavy (non-hydrogen) atoms. The summed E-state index contributed by atoms with van der Waals surface area (Å²) in [6.45, 7) is 6.82. The molecule has 0 aliphatic rings. The van der Waals surface area contributed by atoms with E-state index in [0.717, 1.165) is 122 Å². The van der Waals surface area contributed by atoms with Crippen LogP contribution in [0.25, 0.3) is 0 Å². The first-order valence-corrected chi connectivity index (χ1v) is 29.9. The second-order valence-corrected chi connectivity index (χ2v) is 21.5. The fraction of sp³-hybridized carbons (Fsp3) is 0.733. The number of likely N-dealkylation sites (N-methyl/N-ethyl adjacent to an activating group) is 1. The molecule has 10 heteroatoms. The number of carbonyl (C=O) groups is 2. The van der Waals surface area contributed by atoms with E-state index in [1.54, 1.807) is 0 Å². The molecule has 0 aliphatic carbocycles. The van der Waals surface area contributed by atoms with Gasteiger partial charge >= 0.3 is 13.8 Å². The van der Waals surface area contributed by atoms with Gasteiger partial charge in [-0.3, -0.25) is 18.6 Å². The molecule has 0 saturated carbocycles. The molecule has 0 aromatic heterocycles. The third-order valence-corrected chi connectivity index (χ3v) is 13.1. The van der Waals surface area contributed by atoms with Gasteiger partial charge in [0.1, 0.15) is 19.3 Å². The number of nitrogens with zero attached hydrogens (tertiary/aromatic N) is 1. The van der Waals surface area contributed by atoms with Crippen LogP contribution >= 0.6 is 7.82 Å². The smallest absolute Gasteiger partial charge is 0.456 e. The van der Waals surface area contributed by atoms with Gasteiger partial charge in [-0.2, -0.15) is 0 Å². The van der Waals surface area contributed by atoms with Gasteiger partial charge in [0.2, 0.25) is 5.91 Å². The average molecular weight is 1000 g/mol. The Morgan fingerprint density at radius 1 is 0.514 bits per heavy atom. The largest absolute Gasteiger partial charge is 0.472 e. The zero-order valence-electron chi connectivity index (χ0n) is 46.0. The maximum atomic E-state index is 13.5. The lowest BCUT2D eigenvalue weighted by Crippen LogP contribution is -2.47. The molecule has 0 fully saturated rings. The highest BCUT2D eigenvalue weighted by atomic mass is 31.2. The summed E-state index contributed by atoms with van der Waals surface area (Å²) in [6.07, 6.45) is 64.3. The summed E-state index contributed by atoms with van der Waals surface area (Å²) < 4.78 is 30.6. The molecule has 3 atom stereocenters. The number of rotatable bonds is 50. The number of allylic oxidation sites excluding steroid dienone is 13. The first-order chi connectivity index (χ1) is 33.9. The molecule has 0 heterocycles. The van der Waals surface area contributed by atoms with Crippen LogP contribution in [-0.4, -0.2) is 74.3 Å². The van der Waals surface area contributed by atoms with Crippen LogP contribution in [0.4, 0.5) is 0 Å². The summed E-state index contributed by atoms with van der Waals surface area (Å²) in [4.78, 5) is 37.5. The summed E-state index contributed by atoms with van der Waals surface area (Å²) in [5.41, 5.74) is 0. The molecule has 9 nitrogen and oxygen atoms in total. The summed E-state index contributed by atoms with van der Waals surface area (Å²) in [5, 5.41) is 3.03. The highest BCUT2D eigenvalue weighted by molar-refractivity contribution is 7.47. The summed E-state index contributed by atoms with van der Waals surface area (Å²) in [5.74, 6) is -0.551. The molecule has 404 valence electrons.